The second-order valence-corrected chi connectivity index (χ2v) is 7.55. The standard InChI is InChI=1S/C22H38N4O4/c1-7-23-22(25-15-19(16(2)3)26-8-10-30-11-9-26)24-14-18-20(28-5)12-17(27-4)13-21(18)29-6/h12-13,16,19H,7-11,14-15H2,1-6H3,(H2,23,24,25). The van der Waals surface area contributed by atoms with E-state index in [0.29, 0.717) is 35.8 Å². The van der Waals surface area contributed by atoms with Crippen LogP contribution in [0, 0.1) is 5.92 Å². The highest BCUT2D eigenvalue weighted by Gasteiger charge is 2.24. The Morgan fingerprint density at radius 3 is 2.20 bits per heavy atom. The van der Waals surface area contributed by atoms with Gasteiger partial charge in [0, 0.05) is 44.4 Å². The third-order valence-electron chi connectivity index (χ3n) is 5.32. The summed E-state index contributed by atoms with van der Waals surface area (Å²) < 4.78 is 21.9. The molecule has 0 radical (unpaired) electrons. The molecule has 0 spiro atoms. The van der Waals surface area contributed by atoms with Gasteiger partial charge < -0.3 is 29.6 Å². The Balaban J connectivity index is 2.13. The first-order valence-corrected chi connectivity index (χ1v) is 10.7. The molecule has 1 atom stereocenters. The minimum Gasteiger partial charge on any atom is -0.496 e. The predicted molar refractivity (Wildman–Crippen MR) is 120 cm³/mol. The summed E-state index contributed by atoms with van der Waals surface area (Å²) in [6, 6.07) is 4.12. The van der Waals surface area contributed by atoms with Gasteiger partial charge in [-0.2, -0.15) is 0 Å². The molecule has 8 nitrogen and oxygen atoms in total. The van der Waals surface area contributed by atoms with E-state index in [1.165, 1.54) is 0 Å². The number of benzene rings is 1. The molecule has 1 aromatic rings. The molecule has 0 aliphatic carbocycles. The number of nitrogens with zero attached hydrogens (tertiary/aromatic N) is 2. The van der Waals surface area contributed by atoms with Gasteiger partial charge in [0.2, 0.25) is 0 Å². The molecule has 0 bridgehead atoms. The lowest BCUT2D eigenvalue weighted by atomic mass is 10.0. The summed E-state index contributed by atoms with van der Waals surface area (Å²) in [5.74, 6) is 3.38. The van der Waals surface area contributed by atoms with E-state index in [0.717, 1.165) is 50.9 Å². The van der Waals surface area contributed by atoms with Crippen LogP contribution in [0.4, 0.5) is 0 Å². The maximum atomic E-state index is 5.54. The minimum atomic E-state index is 0.419. The minimum absolute atomic E-state index is 0.419. The molecule has 1 fully saturated rings. The zero-order valence-corrected chi connectivity index (χ0v) is 19.3. The molecule has 0 saturated carbocycles. The van der Waals surface area contributed by atoms with E-state index in [1.807, 2.05) is 12.1 Å². The second-order valence-electron chi connectivity index (χ2n) is 7.55. The van der Waals surface area contributed by atoms with E-state index in [9.17, 15) is 0 Å². The molecule has 2 rings (SSSR count). The third-order valence-corrected chi connectivity index (χ3v) is 5.32. The Hall–Kier alpha value is -2.19. The Morgan fingerprint density at radius 1 is 1.07 bits per heavy atom. The largest absolute Gasteiger partial charge is 0.496 e. The van der Waals surface area contributed by atoms with Crippen LogP contribution >= 0.6 is 0 Å². The highest BCUT2D eigenvalue weighted by Crippen LogP contribution is 2.34. The molecule has 30 heavy (non-hydrogen) atoms. The van der Waals surface area contributed by atoms with Gasteiger partial charge in [0.1, 0.15) is 17.2 Å². The van der Waals surface area contributed by atoms with Crippen molar-refractivity contribution in [3.05, 3.63) is 17.7 Å². The number of nitrogens with one attached hydrogen (secondary N) is 2. The first-order valence-electron chi connectivity index (χ1n) is 10.7. The van der Waals surface area contributed by atoms with Crippen molar-refractivity contribution < 1.29 is 18.9 Å². The molecule has 1 heterocycles. The Bertz CT molecular complexity index is 650. The average molecular weight is 423 g/mol. The number of guanidine groups is 1. The molecule has 1 aliphatic heterocycles. The van der Waals surface area contributed by atoms with E-state index in [4.69, 9.17) is 23.9 Å². The summed E-state index contributed by atoms with van der Waals surface area (Å²) in [7, 11) is 4.90. The number of methoxy groups -OCH3 is 3. The molecule has 0 aromatic heterocycles. The van der Waals surface area contributed by atoms with Crippen LogP contribution in [0.15, 0.2) is 17.1 Å². The van der Waals surface area contributed by atoms with Gasteiger partial charge in [-0.15, -0.1) is 0 Å². The van der Waals surface area contributed by atoms with Crippen LogP contribution in [-0.4, -0.2) is 77.6 Å². The van der Waals surface area contributed by atoms with Gasteiger partial charge in [0.05, 0.1) is 46.7 Å². The van der Waals surface area contributed by atoms with E-state index in [-0.39, 0.29) is 0 Å². The lowest BCUT2D eigenvalue weighted by Crippen LogP contribution is -2.52. The summed E-state index contributed by atoms with van der Waals surface area (Å²) in [6.45, 7) is 12.2. The van der Waals surface area contributed by atoms with E-state index < -0.39 is 0 Å². The van der Waals surface area contributed by atoms with Gasteiger partial charge in [-0.05, 0) is 12.8 Å². The van der Waals surface area contributed by atoms with E-state index in [1.54, 1.807) is 21.3 Å². The molecule has 2 N–H and O–H groups in total. The second kappa shape index (κ2) is 12.5. The van der Waals surface area contributed by atoms with Crippen molar-refractivity contribution in [1.29, 1.82) is 0 Å². The number of rotatable bonds is 10. The van der Waals surface area contributed by atoms with Gasteiger partial charge in [0.25, 0.3) is 0 Å². The molecule has 1 aromatic carbocycles. The van der Waals surface area contributed by atoms with Crippen LogP contribution in [0.25, 0.3) is 0 Å². The summed E-state index contributed by atoms with van der Waals surface area (Å²) in [5.41, 5.74) is 0.881. The number of hydrogen-bond donors (Lipinski definition) is 2. The van der Waals surface area contributed by atoms with Crippen LogP contribution < -0.4 is 24.8 Å². The molecule has 1 unspecified atom stereocenters. The summed E-state index contributed by atoms with van der Waals surface area (Å²) >= 11 is 0. The molecule has 0 amide bonds. The fourth-order valence-corrected chi connectivity index (χ4v) is 3.63. The first kappa shape index (κ1) is 24.1. The van der Waals surface area contributed by atoms with Crippen molar-refractivity contribution in [3.63, 3.8) is 0 Å². The Kier molecular flexibility index (Phi) is 10.0. The van der Waals surface area contributed by atoms with Gasteiger partial charge in [-0.3, -0.25) is 4.90 Å². The molecular formula is C22H38N4O4. The number of aliphatic imine (C=N–C) groups is 1. The molecule has 170 valence electrons. The normalized spacial score (nSPS) is 16.3. The van der Waals surface area contributed by atoms with Gasteiger partial charge in [-0.25, -0.2) is 4.99 Å². The Morgan fingerprint density at radius 2 is 1.70 bits per heavy atom. The topological polar surface area (TPSA) is 76.6 Å². The summed E-state index contributed by atoms with van der Waals surface area (Å²) in [4.78, 5) is 7.28. The van der Waals surface area contributed by atoms with E-state index >= 15 is 0 Å². The van der Waals surface area contributed by atoms with Crippen LogP contribution in [0.1, 0.15) is 26.3 Å². The SMILES string of the molecule is CCNC(=NCc1c(OC)cc(OC)cc1OC)NCC(C(C)C)N1CCOCC1. The van der Waals surface area contributed by atoms with E-state index in [2.05, 4.69) is 36.3 Å². The zero-order valence-electron chi connectivity index (χ0n) is 19.3. The monoisotopic (exact) mass is 422 g/mol. The highest BCUT2D eigenvalue weighted by molar-refractivity contribution is 5.79. The quantitative estimate of drug-likeness (QED) is 0.442. The van der Waals surface area contributed by atoms with Crippen molar-refractivity contribution in [2.75, 3.05) is 60.7 Å². The average Bonchev–Trinajstić information content (AvgIpc) is 2.77. The lowest BCUT2D eigenvalue weighted by Gasteiger charge is -2.37. The van der Waals surface area contributed by atoms with Crippen molar-refractivity contribution in [2.24, 2.45) is 10.9 Å². The summed E-state index contributed by atoms with van der Waals surface area (Å²) in [6.07, 6.45) is 0. The first-order chi connectivity index (χ1) is 14.5. The van der Waals surface area contributed by atoms with Gasteiger partial charge >= 0.3 is 0 Å². The third kappa shape index (κ3) is 6.67. The molecule has 1 aliphatic rings. The lowest BCUT2D eigenvalue weighted by molar-refractivity contribution is 0.00752. The molecule has 8 heteroatoms. The maximum Gasteiger partial charge on any atom is 0.191 e. The van der Waals surface area contributed by atoms with Crippen LogP contribution in [0.5, 0.6) is 17.2 Å². The fourth-order valence-electron chi connectivity index (χ4n) is 3.63. The van der Waals surface area contributed by atoms with Crippen molar-refractivity contribution in [3.8, 4) is 17.2 Å². The highest BCUT2D eigenvalue weighted by atomic mass is 16.5. The maximum absolute atomic E-state index is 5.54. The smallest absolute Gasteiger partial charge is 0.191 e. The molecule has 1 saturated heterocycles. The number of ether oxygens (including phenoxy) is 4. The van der Waals surface area contributed by atoms with Crippen molar-refractivity contribution in [1.82, 2.24) is 15.5 Å². The van der Waals surface area contributed by atoms with Crippen LogP contribution in [0.2, 0.25) is 0 Å². The predicted octanol–water partition coefficient (Wildman–Crippen LogP) is 2.12. The van der Waals surface area contributed by atoms with Crippen LogP contribution in [0.3, 0.4) is 0 Å². The van der Waals surface area contributed by atoms with Gasteiger partial charge in [0.15, 0.2) is 5.96 Å². The van der Waals surface area contributed by atoms with Crippen molar-refractivity contribution >= 4 is 5.96 Å². The van der Waals surface area contributed by atoms with Gasteiger partial charge in [-0.1, -0.05) is 13.8 Å². The molecular weight excluding hydrogens is 384 g/mol. The Labute approximate surface area is 180 Å². The zero-order chi connectivity index (χ0) is 21.9. The fraction of sp³-hybridized carbons (Fsp3) is 0.682. The number of hydrogen-bond acceptors (Lipinski definition) is 6. The number of morpholine rings is 1. The van der Waals surface area contributed by atoms with Crippen molar-refractivity contribution in [2.45, 2.75) is 33.4 Å². The summed E-state index contributed by atoms with van der Waals surface area (Å²) in [5, 5.41) is 6.85. The van der Waals surface area contributed by atoms with Crippen LogP contribution in [-0.2, 0) is 11.3 Å².